The molecule has 0 saturated carbocycles. The Bertz CT molecular complexity index is 535. The lowest BCUT2D eigenvalue weighted by Gasteiger charge is -2.50. The van der Waals surface area contributed by atoms with E-state index in [4.69, 9.17) is 14.2 Å². The Morgan fingerprint density at radius 3 is 1.75 bits per heavy atom. The van der Waals surface area contributed by atoms with Crippen LogP contribution in [-0.4, -0.2) is 46.8 Å². The average Bonchev–Trinajstić information content (AvgIpc) is 2.80. The van der Waals surface area contributed by atoms with Crippen molar-refractivity contribution in [3.8, 4) is 0 Å². The Balaban J connectivity index is 2.50. The lowest BCUT2D eigenvalue weighted by Crippen LogP contribution is -2.60. The van der Waals surface area contributed by atoms with Crippen LogP contribution in [0.15, 0.2) is 0 Å². The minimum Gasteiger partial charge on any atom is -0.375 e. The van der Waals surface area contributed by atoms with E-state index in [0.717, 1.165) is 44.9 Å². The molecule has 215 valence electrons. The van der Waals surface area contributed by atoms with Crippen molar-refractivity contribution in [1.29, 1.82) is 0 Å². The van der Waals surface area contributed by atoms with Crippen molar-refractivity contribution in [2.24, 2.45) is 0 Å². The van der Waals surface area contributed by atoms with Gasteiger partial charge in [-0.1, -0.05) is 72.1 Å². The Morgan fingerprint density at radius 2 is 1.25 bits per heavy atom. The number of piperidine rings is 1. The van der Waals surface area contributed by atoms with E-state index >= 15 is 0 Å². The van der Waals surface area contributed by atoms with Gasteiger partial charge in [-0.05, 0) is 86.5 Å². The first kappa shape index (κ1) is 33.8. The van der Waals surface area contributed by atoms with Crippen molar-refractivity contribution >= 4 is 0 Å². The highest BCUT2D eigenvalue weighted by atomic mass is 16.7. The van der Waals surface area contributed by atoms with Gasteiger partial charge in [0.15, 0.2) is 6.29 Å². The molecule has 1 saturated heterocycles. The van der Waals surface area contributed by atoms with Crippen molar-refractivity contribution in [3.63, 3.8) is 0 Å². The molecular formula is C31H62NO4. The zero-order valence-corrected chi connectivity index (χ0v) is 25.6. The molecule has 0 aliphatic carbocycles. The lowest BCUT2D eigenvalue weighted by atomic mass is 9.80. The molecule has 0 spiro atoms. The average molecular weight is 513 g/mol. The molecule has 4 unspecified atom stereocenters. The molecule has 0 bridgehead atoms. The van der Waals surface area contributed by atoms with E-state index in [1.807, 2.05) is 27.7 Å². The quantitative estimate of drug-likeness (QED) is 0.121. The van der Waals surface area contributed by atoms with Crippen molar-refractivity contribution in [3.05, 3.63) is 0 Å². The maximum Gasteiger partial charge on any atom is 0.158 e. The van der Waals surface area contributed by atoms with Crippen molar-refractivity contribution in [2.75, 3.05) is 0 Å². The summed E-state index contributed by atoms with van der Waals surface area (Å²) in [5, 5.41) is 14.0. The first-order valence-corrected chi connectivity index (χ1v) is 15.4. The smallest absolute Gasteiger partial charge is 0.158 e. The van der Waals surface area contributed by atoms with Crippen LogP contribution in [0, 0.1) is 0 Å². The molecule has 1 fully saturated rings. The van der Waals surface area contributed by atoms with Crippen molar-refractivity contribution in [1.82, 2.24) is 5.06 Å². The second-order valence-electron chi connectivity index (χ2n) is 12.7. The third-order valence-corrected chi connectivity index (χ3v) is 7.88. The molecule has 4 atom stereocenters. The van der Waals surface area contributed by atoms with Crippen LogP contribution < -0.4 is 0 Å². The van der Waals surface area contributed by atoms with E-state index in [1.54, 1.807) is 0 Å². The Hall–Kier alpha value is -0.200. The van der Waals surface area contributed by atoms with Gasteiger partial charge in [-0.25, -0.2) is 0 Å². The minimum atomic E-state index is -0.405. The number of hydrogen-bond donors (Lipinski definition) is 0. The van der Waals surface area contributed by atoms with Crippen LogP contribution in [-0.2, 0) is 19.4 Å². The highest BCUT2D eigenvalue weighted by molar-refractivity contribution is 4.96. The molecule has 1 aliphatic rings. The first-order valence-electron chi connectivity index (χ1n) is 15.4. The summed E-state index contributed by atoms with van der Waals surface area (Å²) in [5.74, 6) is 0. The monoisotopic (exact) mass is 512 g/mol. The molecule has 36 heavy (non-hydrogen) atoms. The van der Waals surface area contributed by atoms with E-state index in [-0.39, 0.29) is 30.7 Å². The predicted molar refractivity (Wildman–Crippen MR) is 151 cm³/mol. The number of unbranched alkanes of at least 4 members (excludes halogenated alkanes) is 8. The Labute approximate surface area is 225 Å². The van der Waals surface area contributed by atoms with Gasteiger partial charge in [-0.3, -0.25) is 0 Å². The van der Waals surface area contributed by atoms with Crippen LogP contribution >= 0.6 is 0 Å². The van der Waals surface area contributed by atoms with E-state index < -0.39 is 11.1 Å². The van der Waals surface area contributed by atoms with Crippen molar-refractivity contribution < 1.29 is 19.4 Å². The summed E-state index contributed by atoms with van der Waals surface area (Å²) in [7, 11) is 0. The van der Waals surface area contributed by atoms with Gasteiger partial charge in [0.25, 0.3) is 0 Å². The second kappa shape index (κ2) is 17.4. The number of nitrogens with zero attached hydrogens (tertiary/aromatic N) is 1. The highest BCUT2D eigenvalue weighted by Crippen LogP contribution is 2.39. The third kappa shape index (κ3) is 13.0. The van der Waals surface area contributed by atoms with Crippen LogP contribution in [0.5, 0.6) is 0 Å². The van der Waals surface area contributed by atoms with Gasteiger partial charge in [0.05, 0.1) is 24.4 Å². The van der Waals surface area contributed by atoms with E-state index in [0.29, 0.717) is 0 Å². The molecule has 1 radical (unpaired) electrons. The summed E-state index contributed by atoms with van der Waals surface area (Å²) in [4.78, 5) is 0. The zero-order chi connectivity index (χ0) is 27.2. The number of hydrogen-bond acceptors (Lipinski definition) is 4. The molecule has 0 N–H and O–H groups in total. The second-order valence-corrected chi connectivity index (χ2v) is 12.7. The maximum absolute atomic E-state index is 12.7. The summed E-state index contributed by atoms with van der Waals surface area (Å²) >= 11 is 0. The SMILES string of the molecule is CCCCCCCCCCCC(OC(C)CC)OC(C)CC(CC)OC1CC(C)(C)N([O])C(C)(C)C1. The Morgan fingerprint density at radius 1 is 0.750 bits per heavy atom. The topological polar surface area (TPSA) is 50.8 Å². The van der Waals surface area contributed by atoms with Crippen molar-refractivity contribution in [2.45, 2.75) is 200 Å². The molecule has 1 rings (SSSR count). The number of rotatable bonds is 20. The third-order valence-electron chi connectivity index (χ3n) is 7.88. The molecule has 1 heterocycles. The van der Waals surface area contributed by atoms with E-state index in [2.05, 4.69) is 34.6 Å². The molecule has 5 heteroatoms. The molecule has 1 aliphatic heterocycles. The highest BCUT2D eigenvalue weighted by Gasteiger charge is 2.47. The summed E-state index contributed by atoms with van der Waals surface area (Å²) in [6.07, 6.45) is 17.6. The molecule has 5 nitrogen and oxygen atoms in total. The van der Waals surface area contributed by atoms with Gasteiger partial charge in [0.2, 0.25) is 0 Å². The van der Waals surface area contributed by atoms with Crippen LogP contribution in [0.2, 0.25) is 0 Å². The van der Waals surface area contributed by atoms with Gasteiger partial charge in [0.1, 0.15) is 0 Å². The predicted octanol–water partition coefficient (Wildman–Crippen LogP) is 9.01. The van der Waals surface area contributed by atoms with E-state index in [1.165, 1.54) is 56.4 Å². The molecule has 0 amide bonds. The minimum absolute atomic E-state index is 0.0724. The van der Waals surface area contributed by atoms with Crippen LogP contribution in [0.3, 0.4) is 0 Å². The summed E-state index contributed by atoms with van der Waals surface area (Å²) in [5.41, 5.74) is -0.810. The van der Waals surface area contributed by atoms with Gasteiger partial charge >= 0.3 is 0 Å². The Kier molecular flexibility index (Phi) is 16.4. The fourth-order valence-corrected chi connectivity index (χ4v) is 5.69. The van der Waals surface area contributed by atoms with Crippen LogP contribution in [0.1, 0.15) is 159 Å². The summed E-state index contributed by atoms with van der Waals surface area (Å²) < 4.78 is 19.3. The zero-order valence-electron chi connectivity index (χ0n) is 25.6. The van der Waals surface area contributed by atoms with E-state index in [9.17, 15) is 5.21 Å². The van der Waals surface area contributed by atoms with Gasteiger partial charge in [0, 0.05) is 11.1 Å². The largest absolute Gasteiger partial charge is 0.375 e. The number of ether oxygens (including phenoxy) is 3. The van der Waals surface area contributed by atoms with Gasteiger partial charge in [-0.15, -0.1) is 10.3 Å². The fourth-order valence-electron chi connectivity index (χ4n) is 5.69. The fraction of sp³-hybridized carbons (Fsp3) is 1.00. The first-order chi connectivity index (χ1) is 16.9. The molecule has 0 aromatic rings. The normalized spacial score (nSPS) is 21.8. The summed E-state index contributed by atoms with van der Waals surface area (Å²) in [6.45, 7) is 19.1. The lowest BCUT2D eigenvalue weighted by molar-refractivity contribution is -0.304. The number of hydroxylamine groups is 2. The molecule has 0 aromatic heterocycles. The van der Waals surface area contributed by atoms with Gasteiger partial charge < -0.3 is 14.2 Å². The van der Waals surface area contributed by atoms with Crippen LogP contribution in [0.4, 0.5) is 0 Å². The van der Waals surface area contributed by atoms with Gasteiger partial charge in [-0.2, -0.15) is 0 Å². The molecular weight excluding hydrogens is 450 g/mol. The van der Waals surface area contributed by atoms with Crippen LogP contribution in [0.25, 0.3) is 0 Å². The molecule has 0 aromatic carbocycles. The standard InChI is InChI=1S/C31H62NO4/c1-10-13-14-15-16-17-18-19-20-21-29(34-25(4)11-2)35-26(5)22-27(12-3)36-28-23-30(6,7)32(33)31(8,9)24-28/h25-29H,10-24H2,1-9H3. The maximum atomic E-state index is 12.7. The summed E-state index contributed by atoms with van der Waals surface area (Å²) in [6, 6.07) is 0.